The van der Waals surface area contributed by atoms with Gasteiger partial charge in [-0.3, -0.25) is 19.2 Å². The second-order valence-corrected chi connectivity index (χ2v) is 18.5. The Morgan fingerprint density at radius 3 is 0.625 bits per heavy atom. The normalized spacial score (nSPS) is 14.3. The van der Waals surface area contributed by atoms with E-state index in [1.807, 2.05) is 0 Å². The molecule has 0 aromatic heterocycles. The Balaban J connectivity index is 0.000000184. The monoisotopic (exact) mass is 1140 g/mol. The van der Waals surface area contributed by atoms with Gasteiger partial charge in [-0.2, -0.15) is 0 Å². The molecule has 0 spiro atoms. The topological polar surface area (TPSA) is 81.2 Å². The number of hydrogen-bond donors (Lipinski definition) is 0. The van der Waals surface area contributed by atoms with Gasteiger partial charge < -0.3 is 19.6 Å². The molecule has 0 N–H and O–H groups in total. The number of carbonyl (C=O) groups excluding carboxylic acids is 4. The van der Waals surface area contributed by atoms with Crippen molar-refractivity contribution in [2.24, 2.45) is 0 Å². The van der Waals surface area contributed by atoms with Crippen molar-refractivity contribution in [1.82, 2.24) is 0 Å². The van der Waals surface area contributed by atoms with Crippen molar-refractivity contribution in [3.8, 4) is 0 Å². The standard InChI is InChI=1S/2C21H24N2.2C10H6O2.2Pd/c2*1-14-9-16(3)20(17(4)10-14)22-7-8-23(13-22)21-18(5)11-15(2)12-19(21)6;2*11-9-5-6-10(12)8-4-2-1-3-7(8)9;;/h2*7-12H,1-6H3;2*1-6H;;. The van der Waals surface area contributed by atoms with Gasteiger partial charge in [-0.25, -0.2) is 0 Å². The van der Waals surface area contributed by atoms with E-state index in [1.54, 1.807) is 48.5 Å². The van der Waals surface area contributed by atoms with E-state index >= 15 is 0 Å². The number of hydrogen-bond acceptors (Lipinski definition) is 8. The minimum atomic E-state index is -0.0924. The van der Waals surface area contributed by atoms with Crippen LogP contribution in [0.25, 0.3) is 0 Å². The molecule has 8 radical (unpaired) electrons. The molecule has 0 bridgehead atoms. The van der Waals surface area contributed by atoms with Crippen molar-refractivity contribution in [3.63, 3.8) is 0 Å². The van der Waals surface area contributed by atoms with Gasteiger partial charge in [0.2, 0.25) is 13.3 Å². The number of rotatable bonds is 4. The van der Waals surface area contributed by atoms with Crippen LogP contribution in [0.4, 0.5) is 22.7 Å². The zero-order valence-corrected chi connectivity index (χ0v) is 46.0. The molecular weight excluding hydrogens is 1080 g/mol. The van der Waals surface area contributed by atoms with Crippen molar-refractivity contribution in [2.45, 2.75) is 83.1 Å². The van der Waals surface area contributed by atoms with Crippen LogP contribution in [0.1, 0.15) is 108 Å². The first-order valence-electron chi connectivity index (χ1n) is 23.4. The molecule has 4 aliphatic rings. The van der Waals surface area contributed by atoms with E-state index < -0.39 is 0 Å². The second-order valence-electron chi connectivity index (χ2n) is 18.5. The van der Waals surface area contributed by atoms with E-state index in [0.29, 0.717) is 22.3 Å². The molecule has 10 rings (SSSR count). The van der Waals surface area contributed by atoms with Gasteiger partial charge in [-0.15, -0.1) is 0 Å². The van der Waals surface area contributed by atoms with E-state index in [4.69, 9.17) is 0 Å². The SMILES string of the molecule is Cc1cc(C)c(N2[C]N(c3c(C)cc(C)cc3C)C=C2)c(C)c1.Cc1cc(C)c(N2[C]N(c3c(C)cc(C)cc3C)C=C2)c(C)c1.O=C1[CH][CH]C(=O)c2ccccc21.O=C1[CH][CH]C(=O)c2ccccc21.[Pd].[Pd]. The van der Waals surface area contributed by atoms with E-state index in [2.05, 4.69) is 189 Å². The smallest absolute Gasteiger partial charge is 0.217 e. The van der Waals surface area contributed by atoms with Crippen LogP contribution in [0.15, 0.2) is 122 Å². The Morgan fingerprint density at radius 2 is 0.458 bits per heavy atom. The maximum absolute atomic E-state index is 11.2. The molecule has 0 saturated carbocycles. The van der Waals surface area contributed by atoms with Gasteiger partial charge in [0, 0.05) is 136 Å². The van der Waals surface area contributed by atoms with E-state index in [-0.39, 0.29) is 64.0 Å². The molecule has 0 saturated heterocycles. The maximum Gasteiger partial charge on any atom is 0.217 e. The Morgan fingerprint density at radius 1 is 0.292 bits per heavy atom. The molecule has 10 heteroatoms. The minimum absolute atomic E-state index is 0. The Kier molecular flexibility index (Phi) is 19.5. The third kappa shape index (κ3) is 13.0. The van der Waals surface area contributed by atoms with Gasteiger partial charge in [0.05, 0.1) is 0 Å². The molecule has 0 unspecified atom stereocenters. The van der Waals surface area contributed by atoms with Crippen LogP contribution in [0, 0.1) is 122 Å². The van der Waals surface area contributed by atoms with E-state index in [0.717, 1.165) is 0 Å². The summed E-state index contributed by atoms with van der Waals surface area (Å²) in [5, 5.41) is 0. The van der Waals surface area contributed by atoms with Crippen molar-refractivity contribution < 1.29 is 60.0 Å². The van der Waals surface area contributed by atoms with Crippen LogP contribution >= 0.6 is 0 Å². The van der Waals surface area contributed by atoms with Crippen molar-refractivity contribution in [3.05, 3.63) is 250 Å². The Bertz CT molecular complexity index is 2600. The molecule has 372 valence electrons. The summed E-state index contributed by atoms with van der Waals surface area (Å²) < 4.78 is 0. The average molecular weight is 1140 g/mol. The van der Waals surface area contributed by atoms with Crippen LogP contribution in [0.2, 0.25) is 0 Å². The van der Waals surface area contributed by atoms with E-state index in [1.165, 1.54) is 115 Å². The third-order valence-corrected chi connectivity index (χ3v) is 12.4. The Labute approximate surface area is 455 Å². The summed E-state index contributed by atoms with van der Waals surface area (Å²) in [5.74, 6) is -0.370. The number of carbonyl (C=O) groups is 4. The first kappa shape index (κ1) is 56.9. The summed E-state index contributed by atoms with van der Waals surface area (Å²) in [7, 11) is 0. The summed E-state index contributed by atoms with van der Waals surface area (Å²) in [5.41, 5.74) is 22.3. The molecule has 0 amide bonds. The Hall–Kier alpha value is -6.00. The third-order valence-electron chi connectivity index (χ3n) is 12.4. The fourth-order valence-electron chi connectivity index (χ4n) is 9.83. The number of anilines is 4. The quantitative estimate of drug-likeness (QED) is 0.162. The number of ketones is 4. The molecule has 72 heavy (non-hydrogen) atoms. The fraction of sp³-hybridized carbons (Fsp3) is 0.194. The number of nitrogens with zero attached hydrogens (tertiary/aromatic N) is 4. The first-order chi connectivity index (χ1) is 33.3. The molecular formula is C62H60N4O4Pd2. The molecule has 6 aromatic carbocycles. The molecule has 6 aromatic rings. The van der Waals surface area contributed by atoms with Gasteiger partial charge >= 0.3 is 0 Å². The van der Waals surface area contributed by atoms with Crippen molar-refractivity contribution in [1.29, 1.82) is 0 Å². The van der Waals surface area contributed by atoms with Crippen LogP contribution in [0.5, 0.6) is 0 Å². The van der Waals surface area contributed by atoms with E-state index in [9.17, 15) is 19.2 Å². The molecule has 8 nitrogen and oxygen atoms in total. The predicted molar refractivity (Wildman–Crippen MR) is 285 cm³/mol. The number of benzene rings is 6. The molecule has 0 atom stereocenters. The van der Waals surface area contributed by atoms with Gasteiger partial charge in [0.25, 0.3) is 0 Å². The van der Waals surface area contributed by atoms with Gasteiger partial charge in [0.15, 0.2) is 23.1 Å². The molecule has 2 aliphatic heterocycles. The van der Waals surface area contributed by atoms with Crippen LogP contribution < -0.4 is 19.6 Å². The number of aryl methyl sites for hydroxylation is 12. The van der Waals surface area contributed by atoms with Crippen molar-refractivity contribution in [2.75, 3.05) is 19.6 Å². The second kappa shape index (κ2) is 24.6. The van der Waals surface area contributed by atoms with Crippen LogP contribution in [0.3, 0.4) is 0 Å². The van der Waals surface area contributed by atoms with Gasteiger partial charge in [0.1, 0.15) is 0 Å². The summed E-state index contributed by atoms with van der Waals surface area (Å²) in [6.07, 6.45) is 13.6. The summed E-state index contributed by atoms with van der Waals surface area (Å²) >= 11 is 0. The van der Waals surface area contributed by atoms with Crippen LogP contribution in [-0.4, -0.2) is 23.1 Å². The largest absolute Gasteiger partial charge is 0.315 e. The zero-order valence-electron chi connectivity index (χ0n) is 42.9. The zero-order chi connectivity index (χ0) is 50.6. The molecule has 2 aliphatic carbocycles. The minimum Gasteiger partial charge on any atom is -0.315 e. The van der Waals surface area contributed by atoms with Gasteiger partial charge in [-0.1, -0.05) is 119 Å². The number of Topliss-reactive ketones (excluding diaryl/α,β-unsaturated/α-hetero) is 4. The fourth-order valence-corrected chi connectivity index (χ4v) is 9.83. The van der Waals surface area contributed by atoms with Crippen LogP contribution in [-0.2, 0) is 40.8 Å². The summed E-state index contributed by atoms with van der Waals surface area (Å²) in [6, 6.07) is 31.5. The number of fused-ring (bicyclic) bond motifs is 2. The molecule has 0 fully saturated rings. The van der Waals surface area contributed by atoms with Gasteiger partial charge in [-0.05, 0) is 128 Å². The summed E-state index contributed by atoms with van der Waals surface area (Å²) in [6.45, 7) is 32.8. The maximum atomic E-state index is 11.2. The molecule has 2 heterocycles. The predicted octanol–water partition coefficient (Wildman–Crippen LogP) is 13.6. The van der Waals surface area contributed by atoms with Crippen molar-refractivity contribution >= 4 is 45.9 Å². The average Bonchev–Trinajstić information content (AvgIpc) is 3.96. The summed E-state index contributed by atoms with van der Waals surface area (Å²) in [4.78, 5) is 53.2. The first-order valence-corrected chi connectivity index (χ1v) is 23.4.